The van der Waals surface area contributed by atoms with Gasteiger partial charge in [-0.2, -0.15) is 0 Å². The standard InChI is InChI=1S/C20H23NO2/c1-4-13-7-5-6-8-16(13)14-9-10-17-15(11-14)12-20(2,3)18(17)23-19(21)22/h5-11,18H,4,12H2,1-3H3,(H2,21,22). The zero-order chi connectivity index (χ0) is 16.6. The highest BCUT2D eigenvalue weighted by atomic mass is 16.6. The molecule has 2 aromatic rings. The highest BCUT2D eigenvalue weighted by Crippen LogP contribution is 2.48. The number of aryl methyl sites for hydroxylation is 1. The van der Waals surface area contributed by atoms with Crippen LogP contribution in [-0.2, 0) is 17.6 Å². The van der Waals surface area contributed by atoms with E-state index in [1.54, 1.807) is 0 Å². The SMILES string of the molecule is CCc1ccccc1-c1ccc2c(c1)CC(C)(C)C2OC(N)=O. The van der Waals surface area contributed by atoms with Crippen LogP contribution in [0.3, 0.4) is 0 Å². The Balaban J connectivity index is 2.03. The molecule has 120 valence electrons. The average Bonchev–Trinajstić information content (AvgIpc) is 2.76. The van der Waals surface area contributed by atoms with Gasteiger partial charge in [-0.15, -0.1) is 0 Å². The van der Waals surface area contributed by atoms with E-state index in [-0.39, 0.29) is 11.5 Å². The number of hydrogen-bond donors (Lipinski definition) is 1. The van der Waals surface area contributed by atoms with Gasteiger partial charge in [-0.1, -0.05) is 63.2 Å². The highest BCUT2D eigenvalue weighted by molar-refractivity contribution is 5.70. The number of nitrogens with two attached hydrogens (primary N) is 1. The molecule has 23 heavy (non-hydrogen) atoms. The largest absolute Gasteiger partial charge is 0.441 e. The quantitative estimate of drug-likeness (QED) is 0.898. The number of benzene rings is 2. The van der Waals surface area contributed by atoms with E-state index in [0.717, 1.165) is 18.4 Å². The molecule has 1 aliphatic rings. The lowest BCUT2D eigenvalue weighted by Gasteiger charge is -2.26. The van der Waals surface area contributed by atoms with Crippen molar-refractivity contribution in [2.45, 2.75) is 39.7 Å². The molecule has 1 atom stereocenters. The molecule has 0 radical (unpaired) electrons. The number of hydrogen-bond acceptors (Lipinski definition) is 2. The number of amides is 1. The Kier molecular flexibility index (Phi) is 3.88. The summed E-state index contributed by atoms with van der Waals surface area (Å²) in [5, 5.41) is 0. The fraction of sp³-hybridized carbons (Fsp3) is 0.350. The summed E-state index contributed by atoms with van der Waals surface area (Å²) in [5.41, 5.74) is 11.3. The number of fused-ring (bicyclic) bond motifs is 1. The summed E-state index contributed by atoms with van der Waals surface area (Å²) in [7, 11) is 0. The molecular formula is C20H23NO2. The Morgan fingerprint density at radius 1 is 1.26 bits per heavy atom. The van der Waals surface area contributed by atoms with Crippen LogP contribution in [0.1, 0.15) is 43.6 Å². The second-order valence-electron chi connectivity index (χ2n) is 6.91. The highest BCUT2D eigenvalue weighted by Gasteiger charge is 2.41. The predicted molar refractivity (Wildman–Crippen MR) is 92.2 cm³/mol. The van der Waals surface area contributed by atoms with Crippen molar-refractivity contribution in [3.63, 3.8) is 0 Å². The Morgan fingerprint density at radius 2 is 2.00 bits per heavy atom. The summed E-state index contributed by atoms with van der Waals surface area (Å²) in [5.74, 6) is 0. The molecule has 2 aromatic carbocycles. The Morgan fingerprint density at radius 3 is 2.70 bits per heavy atom. The molecule has 1 amide bonds. The van der Waals surface area contributed by atoms with Crippen LogP contribution < -0.4 is 5.73 Å². The van der Waals surface area contributed by atoms with Crippen molar-refractivity contribution in [2.24, 2.45) is 11.1 Å². The van der Waals surface area contributed by atoms with Crippen LogP contribution in [-0.4, -0.2) is 6.09 Å². The first-order chi connectivity index (χ1) is 10.9. The summed E-state index contributed by atoms with van der Waals surface area (Å²) < 4.78 is 5.38. The normalized spacial score (nSPS) is 18.5. The second-order valence-corrected chi connectivity index (χ2v) is 6.91. The van der Waals surface area contributed by atoms with E-state index in [2.05, 4.69) is 63.2 Å². The minimum Gasteiger partial charge on any atom is -0.441 e. The molecule has 1 unspecified atom stereocenters. The van der Waals surface area contributed by atoms with Crippen LogP contribution in [0.5, 0.6) is 0 Å². The van der Waals surface area contributed by atoms with Crippen molar-refractivity contribution in [1.29, 1.82) is 0 Å². The second kappa shape index (κ2) is 5.73. The van der Waals surface area contributed by atoms with Gasteiger partial charge in [0, 0.05) is 5.41 Å². The molecule has 0 aliphatic heterocycles. The molecule has 3 rings (SSSR count). The van der Waals surface area contributed by atoms with Gasteiger partial charge in [-0.25, -0.2) is 4.79 Å². The number of rotatable bonds is 3. The van der Waals surface area contributed by atoms with Crippen LogP contribution in [0.15, 0.2) is 42.5 Å². The molecule has 0 fully saturated rings. The fourth-order valence-corrected chi connectivity index (χ4v) is 3.64. The van der Waals surface area contributed by atoms with E-state index in [0.29, 0.717) is 0 Å². The van der Waals surface area contributed by atoms with E-state index < -0.39 is 6.09 Å². The molecule has 3 nitrogen and oxygen atoms in total. The van der Waals surface area contributed by atoms with Crippen LogP contribution in [0.2, 0.25) is 0 Å². The van der Waals surface area contributed by atoms with E-state index in [4.69, 9.17) is 10.5 Å². The monoisotopic (exact) mass is 309 g/mol. The first-order valence-corrected chi connectivity index (χ1v) is 8.09. The molecule has 0 heterocycles. The molecule has 0 saturated heterocycles. The van der Waals surface area contributed by atoms with Gasteiger partial charge in [0.1, 0.15) is 6.10 Å². The molecule has 0 bridgehead atoms. The first kappa shape index (κ1) is 15.6. The zero-order valence-corrected chi connectivity index (χ0v) is 13.9. The van der Waals surface area contributed by atoms with Crippen molar-refractivity contribution >= 4 is 6.09 Å². The van der Waals surface area contributed by atoms with Crippen molar-refractivity contribution in [3.8, 4) is 11.1 Å². The third-order valence-electron chi connectivity index (χ3n) is 4.72. The molecular weight excluding hydrogens is 286 g/mol. The van der Waals surface area contributed by atoms with Gasteiger partial charge < -0.3 is 10.5 Å². The molecule has 0 spiro atoms. The number of ether oxygens (including phenoxy) is 1. The maximum atomic E-state index is 11.2. The lowest BCUT2D eigenvalue weighted by Crippen LogP contribution is -2.25. The van der Waals surface area contributed by atoms with Crippen molar-refractivity contribution in [1.82, 2.24) is 0 Å². The fourth-order valence-electron chi connectivity index (χ4n) is 3.64. The van der Waals surface area contributed by atoms with Gasteiger partial charge in [-0.3, -0.25) is 0 Å². The third-order valence-corrected chi connectivity index (χ3v) is 4.72. The van der Waals surface area contributed by atoms with Gasteiger partial charge in [0.2, 0.25) is 0 Å². The van der Waals surface area contributed by atoms with Gasteiger partial charge in [0.05, 0.1) is 0 Å². The van der Waals surface area contributed by atoms with Crippen molar-refractivity contribution in [3.05, 3.63) is 59.2 Å². The summed E-state index contributed by atoms with van der Waals surface area (Å²) in [6.45, 7) is 6.40. The lowest BCUT2D eigenvalue weighted by molar-refractivity contribution is 0.0392. The minimum atomic E-state index is -0.712. The van der Waals surface area contributed by atoms with Crippen LogP contribution in [0.25, 0.3) is 11.1 Å². The van der Waals surface area contributed by atoms with Crippen LogP contribution in [0.4, 0.5) is 4.79 Å². The van der Waals surface area contributed by atoms with Crippen molar-refractivity contribution in [2.75, 3.05) is 0 Å². The Hall–Kier alpha value is -2.29. The lowest BCUT2D eigenvalue weighted by atomic mass is 9.87. The third kappa shape index (κ3) is 2.83. The summed E-state index contributed by atoms with van der Waals surface area (Å²) in [6.07, 6.45) is 0.899. The van der Waals surface area contributed by atoms with Gasteiger partial charge in [-0.05, 0) is 40.7 Å². The molecule has 3 heteroatoms. The predicted octanol–water partition coefficient (Wildman–Crippen LogP) is 4.63. The first-order valence-electron chi connectivity index (χ1n) is 8.09. The summed E-state index contributed by atoms with van der Waals surface area (Å²) in [6, 6.07) is 14.9. The molecule has 0 saturated carbocycles. The topological polar surface area (TPSA) is 52.3 Å². The van der Waals surface area contributed by atoms with E-state index >= 15 is 0 Å². The molecule has 2 N–H and O–H groups in total. The van der Waals surface area contributed by atoms with Gasteiger partial charge >= 0.3 is 6.09 Å². The minimum absolute atomic E-state index is 0.139. The number of carbonyl (C=O) groups is 1. The maximum Gasteiger partial charge on any atom is 0.405 e. The molecule has 0 aromatic heterocycles. The van der Waals surface area contributed by atoms with E-state index in [1.165, 1.54) is 22.3 Å². The smallest absolute Gasteiger partial charge is 0.405 e. The van der Waals surface area contributed by atoms with E-state index in [9.17, 15) is 4.79 Å². The van der Waals surface area contributed by atoms with Crippen LogP contribution >= 0.6 is 0 Å². The molecule has 1 aliphatic carbocycles. The van der Waals surface area contributed by atoms with Crippen LogP contribution in [0, 0.1) is 5.41 Å². The maximum absolute atomic E-state index is 11.2. The number of carbonyl (C=O) groups excluding carboxylic acids is 1. The Bertz CT molecular complexity index is 749. The Labute approximate surface area is 137 Å². The van der Waals surface area contributed by atoms with Gasteiger partial charge in [0.15, 0.2) is 0 Å². The van der Waals surface area contributed by atoms with Gasteiger partial charge in [0.25, 0.3) is 0 Å². The van der Waals surface area contributed by atoms with E-state index in [1.807, 2.05) is 0 Å². The average molecular weight is 309 g/mol. The van der Waals surface area contributed by atoms with Crippen molar-refractivity contribution < 1.29 is 9.53 Å². The summed E-state index contributed by atoms with van der Waals surface area (Å²) in [4.78, 5) is 11.2. The zero-order valence-electron chi connectivity index (χ0n) is 13.9. The summed E-state index contributed by atoms with van der Waals surface area (Å²) >= 11 is 0. The number of primary amides is 1.